The van der Waals surface area contributed by atoms with Crippen molar-refractivity contribution < 1.29 is 9.59 Å². The predicted octanol–water partition coefficient (Wildman–Crippen LogP) is 2.85. The second-order valence-electron chi connectivity index (χ2n) is 6.61. The third-order valence-electron chi connectivity index (χ3n) is 4.58. The number of hydrogen-bond acceptors (Lipinski definition) is 4. The molecule has 0 saturated carbocycles. The average molecular weight is 413 g/mol. The smallest absolute Gasteiger partial charge is 0.261 e. The molecule has 1 aromatic heterocycles. The Labute approximate surface area is 172 Å². The number of rotatable bonds is 6. The number of carbonyl (C=O) groups excluding carboxylic acids is 2. The van der Waals surface area contributed by atoms with Gasteiger partial charge in [0.2, 0.25) is 11.8 Å². The Hall–Kier alpha value is -3.19. The third-order valence-corrected chi connectivity index (χ3v) is 4.81. The molecule has 0 aliphatic carbocycles. The van der Waals surface area contributed by atoms with E-state index in [1.54, 1.807) is 49.4 Å². The van der Waals surface area contributed by atoms with Crippen LogP contribution in [0.5, 0.6) is 0 Å². The van der Waals surface area contributed by atoms with Crippen molar-refractivity contribution in [3.8, 4) is 0 Å². The molecule has 0 unspecified atom stereocenters. The van der Waals surface area contributed by atoms with Gasteiger partial charge in [0.15, 0.2) is 0 Å². The van der Waals surface area contributed by atoms with Crippen LogP contribution in [0, 0.1) is 6.92 Å². The Balaban J connectivity index is 1.70. The summed E-state index contributed by atoms with van der Waals surface area (Å²) in [5, 5.41) is 3.73. The number of hydrogen-bond donors (Lipinski definition) is 1. The van der Waals surface area contributed by atoms with Gasteiger partial charge in [-0.1, -0.05) is 29.8 Å². The van der Waals surface area contributed by atoms with Crippen molar-refractivity contribution in [2.45, 2.75) is 20.4 Å². The third kappa shape index (κ3) is 4.81. The number of aromatic nitrogens is 2. The highest BCUT2D eigenvalue weighted by Gasteiger charge is 2.18. The summed E-state index contributed by atoms with van der Waals surface area (Å²) in [5.74, 6) is -0.681. The van der Waals surface area contributed by atoms with E-state index in [1.165, 1.54) is 15.8 Å². The van der Waals surface area contributed by atoms with E-state index in [-0.39, 0.29) is 30.5 Å². The Morgan fingerprint density at radius 1 is 1.21 bits per heavy atom. The van der Waals surface area contributed by atoms with Gasteiger partial charge in [0.05, 0.1) is 23.8 Å². The maximum Gasteiger partial charge on any atom is 0.261 e. The number of nitrogens with zero attached hydrogens (tertiary/aromatic N) is 3. The first-order valence-corrected chi connectivity index (χ1v) is 9.54. The lowest BCUT2D eigenvalue weighted by molar-refractivity contribution is -0.135. The van der Waals surface area contributed by atoms with Crippen molar-refractivity contribution in [3.63, 3.8) is 0 Å². The number of likely N-dealkylation sites (N-methyl/N-ethyl adjacent to an activating group) is 1. The number of amides is 2. The van der Waals surface area contributed by atoms with Gasteiger partial charge in [0.25, 0.3) is 5.56 Å². The molecule has 1 heterocycles. The summed E-state index contributed by atoms with van der Waals surface area (Å²) in [6.45, 7) is 3.65. The SMILES string of the molecule is CCN(CC(=O)Nc1cc(Cl)ccc1C)C(=O)Cn1cnc2ccccc2c1=O. The molecule has 0 atom stereocenters. The molecule has 3 rings (SSSR count). The lowest BCUT2D eigenvalue weighted by atomic mass is 10.2. The van der Waals surface area contributed by atoms with E-state index in [2.05, 4.69) is 10.3 Å². The van der Waals surface area contributed by atoms with Crippen molar-refractivity contribution >= 4 is 40.0 Å². The van der Waals surface area contributed by atoms with Crippen LogP contribution in [0.25, 0.3) is 10.9 Å². The van der Waals surface area contributed by atoms with Gasteiger partial charge in [-0.05, 0) is 43.7 Å². The fourth-order valence-electron chi connectivity index (χ4n) is 2.93. The van der Waals surface area contributed by atoms with Crippen LogP contribution in [-0.4, -0.2) is 39.4 Å². The second-order valence-corrected chi connectivity index (χ2v) is 7.05. The minimum absolute atomic E-state index is 0.128. The predicted molar refractivity (Wildman–Crippen MR) is 113 cm³/mol. The second kappa shape index (κ2) is 8.87. The molecule has 2 amide bonds. The quantitative estimate of drug-likeness (QED) is 0.674. The van der Waals surface area contributed by atoms with E-state index in [4.69, 9.17) is 11.6 Å². The zero-order valence-electron chi connectivity index (χ0n) is 16.2. The highest BCUT2D eigenvalue weighted by atomic mass is 35.5. The number of nitrogens with one attached hydrogen (secondary N) is 1. The number of carbonyl (C=O) groups is 2. The van der Waals surface area contributed by atoms with Gasteiger partial charge in [-0.25, -0.2) is 4.98 Å². The molecule has 0 aliphatic heterocycles. The first-order valence-electron chi connectivity index (χ1n) is 9.17. The molecule has 3 aromatic rings. The molecule has 7 nitrogen and oxygen atoms in total. The number of halogens is 1. The summed E-state index contributed by atoms with van der Waals surface area (Å²) in [6.07, 6.45) is 1.35. The van der Waals surface area contributed by atoms with Gasteiger partial charge in [0, 0.05) is 17.3 Å². The van der Waals surface area contributed by atoms with E-state index in [0.717, 1.165) is 5.56 Å². The summed E-state index contributed by atoms with van der Waals surface area (Å²) >= 11 is 5.98. The van der Waals surface area contributed by atoms with E-state index in [1.807, 2.05) is 6.92 Å². The van der Waals surface area contributed by atoms with Gasteiger partial charge in [-0.2, -0.15) is 0 Å². The van der Waals surface area contributed by atoms with Crippen LogP contribution >= 0.6 is 11.6 Å². The van der Waals surface area contributed by atoms with E-state index < -0.39 is 0 Å². The summed E-state index contributed by atoms with van der Waals surface area (Å²) in [5.41, 5.74) is 1.75. The summed E-state index contributed by atoms with van der Waals surface area (Å²) in [7, 11) is 0. The van der Waals surface area contributed by atoms with Gasteiger partial charge in [-0.3, -0.25) is 19.0 Å². The minimum Gasteiger partial charge on any atom is -0.332 e. The van der Waals surface area contributed by atoms with Crippen LogP contribution in [-0.2, 0) is 16.1 Å². The summed E-state index contributed by atoms with van der Waals surface area (Å²) in [6, 6.07) is 12.2. The normalized spacial score (nSPS) is 10.7. The van der Waals surface area contributed by atoms with Gasteiger partial charge < -0.3 is 10.2 Å². The van der Waals surface area contributed by atoms with Gasteiger partial charge >= 0.3 is 0 Å². The first kappa shape index (κ1) is 20.5. The lowest BCUT2D eigenvalue weighted by Crippen LogP contribution is -2.41. The van der Waals surface area contributed by atoms with Crippen LogP contribution in [0.2, 0.25) is 5.02 Å². The Morgan fingerprint density at radius 2 is 1.97 bits per heavy atom. The Bertz CT molecular complexity index is 1130. The molecule has 29 heavy (non-hydrogen) atoms. The van der Waals surface area contributed by atoms with Crippen molar-refractivity contribution in [1.29, 1.82) is 0 Å². The van der Waals surface area contributed by atoms with Gasteiger partial charge in [-0.15, -0.1) is 0 Å². The molecule has 8 heteroatoms. The highest BCUT2D eigenvalue weighted by Crippen LogP contribution is 2.20. The van der Waals surface area contributed by atoms with Crippen LogP contribution in [0.3, 0.4) is 0 Å². The number of aryl methyl sites for hydroxylation is 1. The lowest BCUT2D eigenvalue weighted by Gasteiger charge is -2.21. The van der Waals surface area contributed by atoms with Crippen molar-refractivity contribution in [2.75, 3.05) is 18.4 Å². The van der Waals surface area contributed by atoms with E-state index in [9.17, 15) is 14.4 Å². The Morgan fingerprint density at radius 3 is 2.72 bits per heavy atom. The monoisotopic (exact) mass is 412 g/mol. The molecule has 150 valence electrons. The minimum atomic E-state index is -0.343. The topological polar surface area (TPSA) is 84.3 Å². The molecule has 2 aromatic carbocycles. The van der Waals surface area contributed by atoms with Crippen LogP contribution in [0.4, 0.5) is 5.69 Å². The Kier molecular flexibility index (Phi) is 6.29. The van der Waals surface area contributed by atoms with Crippen LogP contribution in [0.1, 0.15) is 12.5 Å². The molecular weight excluding hydrogens is 392 g/mol. The molecule has 0 bridgehead atoms. The van der Waals surface area contributed by atoms with Gasteiger partial charge in [0.1, 0.15) is 6.54 Å². The average Bonchev–Trinajstić information content (AvgIpc) is 2.71. The molecule has 0 spiro atoms. The van der Waals surface area contributed by atoms with Crippen molar-refractivity contribution in [2.24, 2.45) is 0 Å². The molecule has 1 N–H and O–H groups in total. The maximum absolute atomic E-state index is 12.7. The highest BCUT2D eigenvalue weighted by molar-refractivity contribution is 6.31. The van der Waals surface area contributed by atoms with Crippen molar-refractivity contribution in [1.82, 2.24) is 14.5 Å². The molecule has 0 saturated heterocycles. The van der Waals surface area contributed by atoms with Crippen LogP contribution in [0.15, 0.2) is 53.6 Å². The zero-order valence-corrected chi connectivity index (χ0v) is 16.9. The number of anilines is 1. The fraction of sp³-hybridized carbons (Fsp3) is 0.238. The van der Waals surface area contributed by atoms with E-state index in [0.29, 0.717) is 28.2 Å². The largest absolute Gasteiger partial charge is 0.332 e. The molecular formula is C21H21ClN4O3. The van der Waals surface area contributed by atoms with Crippen LogP contribution < -0.4 is 10.9 Å². The number of para-hydroxylation sites is 1. The number of benzene rings is 2. The first-order chi connectivity index (χ1) is 13.9. The number of fused-ring (bicyclic) bond motifs is 1. The van der Waals surface area contributed by atoms with Crippen molar-refractivity contribution in [3.05, 3.63) is 69.7 Å². The fourth-order valence-corrected chi connectivity index (χ4v) is 3.10. The zero-order chi connectivity index (χ0) is 21.0. The summed E-state index contributed by atoms with van der Waals surface area (Å²) in [4.78, 5) is 43.3. The molecule has 0 radical (unpaired) electrons. The van der Waals surface area contributed by atoms with E-state index >= 15 is 0 Å². The molecule has 0 fully saturated rings. The summed E-state index contributed by atoms with van der Waals surface area (Å²) < 4.78 is 1.26. The standard InChI is InChI=1S/C21H21ClN4O3/c1-3-25(11-19(27)24-18-10-15(22)9-8-14(18)2)20(28)12-26-13-23-17-7-5-4-6-16(17)21(26)29/h4-10,13H,3,11-12H2,1-2H3,(H,24,27). The maximum atomic E-state index is 12.7. The molecule has 0 aliphatic rings.